The zero-order valence-corrected chi connectivity index (χ0v) is 10.6. The number of hydrogen-bond acceptors (Lipinski definition) is 6. The summed E-state index contributed by atoms with van der Waals surface area (Å²) < 4.78 is 5.00. The molecule has 1 heterocycles. The molecule has 18 heavy (non-hydrogen) atoms. The molecule has 1 fully saturated rings. The summed E-state index contributed by atoms with van der Waals surface area (Å²) in [5.41, 5.74) is 5.73. The minimum atomic E-state index is -0.150. The van der Waals surface area contributed by atoms with Gasteiger partial charge in [0.2, 0.25) is 0 Å². The Morgan fingerprint density at radius 3 is 2.78 bits per heavy atom. The molecule has 0 aromatic carbocycles. The first-order valence-electron chi connectivity index (χ1n) is 6.24. The Kier molecular flexibility index (Phi) is 4.33. The molecule has 0 atom stereocenters. The summed E-state index contributed by atoms with van der Waals surface area (Å²) in [7, 11) is 1.60. The van der Waals surface area contributed by atoms with Gasteiger partial charge in [-0.2, -0.15) is 0 Å². The number of nitrogens with two attached hydrogens (primary N) is 1. The van der Waals surface area contributed by atoms with Crippen molar-refractivity contribution < 1.29 is 9.84 Å². The lowest BCUT2D eigenvalue weighted by molar-refractivity contribution is 0.126. The van der Waals surface area contributed by atoms with Crippen LogP contribution in [0.5, 0.6) is 0 Å². The molecular formula is C12H20N4O2. The zero-order valence-electron chi connectivity index (χ0n) is 10.6. The monoisotopic (exact) mass is 252 g/mol. The normalized spacial score (nSPS) is 23.9. The first-order valence-corrected chi connectivity index (χ1v) is 6.24. The van der Waals surface area contributed by atoms with Crippen LogP contribution in [0.4, 0.5) is 11.6 Å². The van der Waals surface area contributed by atoms with E-state index in [1.165, 1.54) is 0 Å². The van der Waals surface area contributed by atoms with Crippen molar-refractivity contribution in [3.63, 3.8) is 0 Å². The standard InChI is InChI=1S/C12H20N4O2/c1-18-7-12-15-10(13)6-11(16-12)14-8-2-4-9(17)5-3-8/h6,8-9,17H,2-5,7H2,1H3,(H3,13,14,15,16). The highest BCUT2D eigenvalue weighted by Crippen LogP contribution is 2.22. The predicted molar refractivity (Wildman–Crippen MR) is 69.0 cm³/mol. The minimum absolute atomic E-state index is 0.150. The molecule has 4 N–H and O–H groups in total. The minimum Gasteiger partial charge on any atom is -0.393 e. The Morgan fingerprint density at radius 2 is 2.11 bits per heavy atom. The molecule has 1 aliphatic carbocycles. The second kappa shape index (κ2) is 5.97. The van der Waals surface area contributed by atoms with Gasteiger partial charge >= 0.3 is 0 Å². The number of aliphatic hydroxyl groups excluding tert-OH is 1. The topological polar surface area (TPSA) is 93.3 Å². The van der Waals surface area contributed by atoms with E-state index in [-0.39, 0.29) is 6.10 Å². The first kappa shape index (κ1) is 13.0. The molecule has 0 radical (unpaired) electrons. The largest absolute Gasteiger partial charge is 0.393 e. The number of nitrogens with zero attached hydrogens (tertiary/aromatic N) is 2. The van der Waals surface area contributed by atoms with Crippen LogP contribution in [0.3, 0.4) is 0 Å². The third-order valence-corrected chi connectivity index (χ3v) is 3.11. The smallest absolute Gasteiger partial charge is 0.158 e. The molecule has 1 saturated carbocycles. The SMILES string of the molecule is COCc1nc(N)cc(NC2CCC(O)CC2)n1. The van der Waals surface area contributed by atoms with Gasteiger partial charge in [-0.05, 0) is 25.7 Å². The fraction of sp³-hybridized carbons (Fsp3) is 0.667. The van der Waals surface area contributed by atoms with Crippen LogP contribution in [0.25, 0.3) is 0 Å². The molecule has 0 aliphatic heterocycles. The molecule has 0 bridgehead atoms. The third kappa shape index (κ3) is 3.54. The van der Waals surface area contributed by atoms with Gasteiger partial charge in [-0.1, -0.05) is 0 Å². The number of anilines is 2. The summed E-state index contributed by atoms with van der Waals surface area (Å²) in [5.74, 6) is 1.75. The van der Waals surface area contributed by atoms with Gasteiger partial charge in [0, 0.05) is 19.2 Å². The average Bonchev–Trinajstić information content (AvgIpc) is 2.32. The molecule has 0 amide bonds. The van der Waals surface area contributed by atoms with Gasteiger partial charge in [0.05, 0.1) is 6.10 Å². The maximum Gasteiger partial charge on any atom is 0.158 e. The molecule has 0 spiro atoms. The van der Waals surface area contributed by atoms with E-state index in [1.54, 1.807) is 13.2 Å². The lowest BCUT2D eigenvalue weighted by Gasteiger charge is -2.26. The Morgan fingerprint density at radius 1 is 1.39 bits per heavy atom. The van der Waals surface area contributed by atoms with Crippen molar-refractivity contribution in [2.24, 2.45) is 0 Å². The lowest BCUT2D eigenvalue weighted by Crippen LogP contribution is -2.28. The molecule has 100 valence electrons. The van der Waals surface area contributed by atoms with Gasteiger partial charge < -0.3 is 20.9 Å². The van der Waals surface area contributed by atoms with E-state index < -0.39 is 0 Å². The number of rotatable bonds is 4. The fourth-order valence-corrected chi connectivity index (χ4v) is 2.21. The van der Waals surface area contributed by atoms with Crippen molar-refractivity contribution in [1.29, 1.82) is 0 Å². The molecule has 0 unspecified atom stereocenters. The van der Waals surface area contributed by atoms with Gasteiger partial charge in [0.1, 0.15) is 18.2 Å². The molecule has 1 aromatic rings. The molecule has 2 rings (SSSR count). The van der Waals surface area contributed by atoms with Crippen LogP contribution < -0.4 is 11.1 Å². The summed E-state index contributed by atoms with van der Waals surface area (Å²) >= 11 is 0. The summed E-state index contributed by atoms with van der Waals surface area (Å²) in [6, 6.07) is 2.07. The average molecular weight is 252 g/mol. The van der Waals surface area contributed by atoms with E-state index in [4.69, 9.17) is 10.5 Å². The van der Waals surface area contributed by atoms with Crippen LogP contribution in [0.2, 0.25) is 0 Å². The van der Waals surface area contributed by atoms with Crippen LogP contribution in [0.15, 0.2) is 6.07 Å². The number of nitrogens with one attached hydrogen (secondary N) is 1. The van der Waals surface area contributed by atoms with E-state index in [0.717, 1.165) is 31.5 Å². The second-order valence-corrected chi connectivity index (χ2v) is 4.68. The van der Waals surface area contributed by atoms with Crippen LogP contribution in [-0.2, 0) is 11.3 Å². The Hall–Kier alpha value is -1.40. The van der Waals surface area contributed by atoms with Crippen molar-refractivity contribution in [3.05, 3.63) is 11.9 Å². The Labute approximate surface area is 107 Å². The molecule has 0 saturated heterocycles. The maximum atomic E-state index is 9.46. The summed E-state index contributed by atoms with van der Waals surface area (Å²) in [5, 5.41) is 12.8. The van der Waals surface area contributed by atoms with Gasteiger partial charge in [-0.3, -0.25) is 0 Å². The van der Waals surface area contributed by atoms with Gasteiger partial charge in [0.15, 0.2) is 5.82 Å². The molecule has 6 nitrogen and oxygen atoms in total. The van der Waals surface area contributed by atoms with Crippen molar-refractivity contribution in [2.75, 3.05) is 18.2 Å². The van der Waals surface area contributed by atoms with Crippen molar-refractivity contribution >= 4 is 11.6 Å². The molecule has 6 heteroatoms. The van der Waals surface area contributed by atoms with Gasteiger partial charge in [-0.25, -0.2) is 9.97 Å². The van der Waals surface area contributed by atoms with Gasteiger partial charge in [-0.15, -0.1) is 0 Å². The van der Waals surface area contributed by atoms with E-state index in [2.05, 4.69) is 15.3 Å². The number of hydrogen-bond donors (Lipinski definition) is 3. The van der Waals surface area contributed by atoms with Crippen molar-refractivity contribution in [3.8, 4) is 0 Å². The summed E-state index contributed by atoms with van der Waals surface area (Å²) in [6.07, 6.45) is 3.42. The number of methoxy groups -OCH3 is 1. The van der Waals surface area contributed by atoms with Crippen LogP contribution in [0.1, 0.15) is 31.5 Å². The zero-order chi connectivity index (χ0) is 13.0. The highest BCUT2D eigenvalue weighted by atomic mass is 16.5. The molecule has 1 aliphatic rings. The van der Waals surface area contributed by atoms with E-state index in [9.17, 15) is 5.11 Å². The van der Waals surface area contributed by atoms with Crippen molar-refractivity contribution in [1.82, 2.24) is 9.97 Å². The van der Waals surface area contributed by atoms with Crippen LogP contribution >= 0.6 is 0 Å². The van der Waals surface area contributed by atoms with E-state index in [1.807, 2.05) is 0 Å². The summed E-state index contributed by atoms with van der Waals surface area (Å²) in [4.78, 5) is 8.44. The van der Waals surface area contributed by atoms with Gasteiger partial charge in [0.25, 0.3) is 0 Å². The number of aromatic nitrogens is 2. The third-order valence-electron chi connectivity index (χ3n) is 3.11. The quantitative estimate of drug-likeness (QED) is 0.738. The first-order chi connectivity index (χ1) is 8.67. The predicted octanol–water partition coefficient (Wildman–Crippen LogP) is 0.921. The maximum absolute atomic E-state index is 9.46. The number of aliphatic hydroxyl groups is 1. The summed E-state index contributed by atoms with van der Waals surface area (Å²) in [6.45, 7) is 0.350. The number of ether oxygens (including phenoxy) is 1. The fourth-order valence-electron chi connectivity index (χ4n) is 2.21. The second-order valence-electron chi connectivity index (χ2n) is 4.68. The molecular weight excluding hydrogens is 232 g/mol. The number of nitrogen functional groups attached to an aromatic ring is 1. The lowest BCUT2D eigenvalue weighted by atomic mass is 9.93. The van der Waals surface area contributed by atoms with Crippen molar-refractivity contribution in [2.45, 2.75) is 44.4 Å². The molecule has 1 aromatic heterocycles. The van der Waals surface area contributed by atoms with E-state index >= 15 is 0 Å². The van der Waals surface area contributed by atoms with Crippen LogP contribution in [0, 0.1) is 0 Å². The Balaban J connectivity index is 2.00. The highest BCUT2D eigenvalue weighted by Gasteiger charge is 2.19. The van der Waals surface area contributed by atoms with Crippen LogP contribution in [-0.4, -0.2) is 34.3 Å². The highest BCUT2D eigenvalue weighted by molar-refractivity contribution is 5.45. The Bertz CT molecular complexity index is 392. The van der Waals surface area contributed by atoms with E-state index in [0.29, 0.717) is 24.3 Å².